The van der Waals surface area contributed by atoms with Crippen LogP contribution in [0.25, 0.3) is 0 Å². The van der Waals surface area contributed by atoms with Crippen LogP contribution in [-0.2, 0) is 14.3 Å². The quantitative estimate of drug-likeness (QED) is 0.787. The predicted octanol–water partition coefficient (Wildman–Crippen LogP) is 2.24. The summed E-state index contributed by atoms with van der Waals surface area (Å²) >= 11 is 0. The SMILES string of the molecule is CCOC(=O)[C@@H]1CCC[C@@H]1NC(=O)OC(C)(C)C. The van der Waals surface area contributed by atoms with E-state index in [2.05, 4.69) is 5.32 Å². The molecule has 1 saturated carbocycles. The minimum Gasteiger partial charge on any atom is -0.466 e. The van der Waals surface area contributed by atoms with Gasteiger partial charge >= 0.3 is 12.1 Å². The Morgan fingerprint density at radius 2 is 1.94 bits per heavy atom. The fraction of sp³-hybridized carbons (Fsp3) is 0.846. The standard InChI is InChI=1S/C13H23NO4/c1-5-17-11(15)9-7-6-8-10(9)14-12(16)18-13(2,3)4/h9-10H,5-8H2,1-4H3,(H,14,16)/t9-,10+/m1/s1. The van der Waals surface area contributed by atoms with Crippen molar-refractivity contribution in [1.29, 1.82) is 0 Å². The van der Waals surface area contributed by atoms with Crippen molar-refractivity contribution in [2.75, 3.05) is 6.61 Å². The molecule has 0 radical (unpaired) electrons. The summed E-state index contributed by atoms with van der Waals surface area (Å²) < 4.78 is 10.2. The second kappa shape index (κ2) is 6.07. The Balaban J connectivity index is 2.50. The lowest BCUT2D eigenvalue weighted by atomic mass is 10.0. The highest BCUT2D eigenvalue weighted by molar-refractivity contribution is 5.75. The van der Waals surface area contributed by atoms with Crippen molar-refractivity contribution in [2.45, 2.75) is 58.6 Å². The monoisotopic (exact) mass is 257 g/mol. The van der Waals surface area contributed by atoms with Crippen LogP contribution in [0.3, 0.4) is 0 Å². The maximum absolute atomic E-state index is 11.7. The first-order valence-corrected chi connectivity index (χ1v) is 6.49. The van der Waals surface area contributed by atoms with Crippen molar-refractivity contribution in [1.82, 2.24) is 5.32 Å². The van der Waals surface area contributed by atoms with Crippen molar-refractivity contribution in [2.24, 2.45) is 5.92 Å². The van der Waals surface area contributed by atoms with Gasteiger partial charge in [-0.2, -0.15) is 0 Å². The Morgan fingerprint density at radius 1 is 1.28 bits per heavy atom. The molecular formula is C13H23NO4. The van der Waals surface area contributed by atoms with E-state index in [1.165, 1.54) is 0 Å². The lowest BCUT2D eigenvalue weighted by molar-refractivity contribution is -0.148. The number of ether oxygens (including phenoxy) is 2. The van der Waals surface area contributed by atoms with Crippen LogP contribution in [0.1, 0.15) is 47.0 Å². The molecule has 0 spiro atoms. The number of hydrogen-bond acceptors (Lipinski definition) is 4. The van der Waals surface area contributed by atoms with Gasteiger partial charge in [0, 0.05) is 6.04 Å². The van der Waals surface area contributed by atoms with E-state index in [1.54, 1.807) is 6.92 Å². The summed E-state index contributed by atoms with van der Waals surface area (Å²) in [6.45, 7) is 7.58. The molecule has 0 heterocycles. The number of esters is 1. The van der Waals surface area contributed by atoms with Crippen LogP contribution in [-0.4, -0.2) is 30.3 Å². The summed E-state index contributed by atoms with van der Waals surface area (Å²) in [5.41, 5.74) is -0.526. The molecule has 5 heteroatoms. The second-order valence-corrected chi connectivity index (χ2v) is 5.54. The van der Waals surface area contributed by atoms with Crippen LogP contribution in [0.5, 0.6) is 0 Å². The molecule has 1 rings (SSSR count). The van der Waals surface area contributed by atoms with E-state index >= 15 is 0 Å². The number of amides is 1. The number of carbonyl (C=O) groups is 2. The van der Waals surface area contributed by atoms with E-state index in [0.717, 1.165) is 19.3 Å². The third-order valence-electron chi connectivity index (χ3n) is 2.81. The van der Waals surface area contributed by atoms with Crippen LogP contribution in [0.4, 0.5) is 4.79 Å². The minimum absolute atomic E-state index is 0.168. The molecule has 0 bridgehead atoms. The molecule has 0 aromatic carbocycles. The number of alkyl carbamates (subject to hydrolysis) is 1. The smallest absolute Gasteiger partial charge is 0.407 e. The van der Waals surface area contributed by atoms with Gasteiger partial charge in [-0.25, -0.2) is 4.79 Å². The van der Waals surface area contributed by atoms with Gasteiger partial charge in [0.1, 0.15) is 5.60 Å². The highest BCUT2D eigenvalue weighted by Crippen LogP contribution is 2.27. The van der Waals surface area contributed by atoms with Crippen molar-refractivity contribution in [3.05, 3.63) is 0 Å². The van der Waals surface area contributed by atoms with Crippen molar-refractivity contribution in [3.8, 4) is 0 Å². The average molecular weight is 257 g/mol. The predicted molar refractivity (Wildman–Crippen MR) is 67.1 cm³/mol. The first-order valence-electron chi connectivity index (χ1n) is 6.49. The van der Waals surface area contributed by atoms with Crippen molar-refractivity contribution >= 4 is 12.1 Å². The normalized spacial score (nSPS) is 23.6. The minimum atomic E-state index is -0.526. The van der Waals surface area contributed by atoms with Gasteiger partial charge in [0.2, 0.25) is 0 Å². The maximum atomic E-state index is 11.7. The van der Waals surface area contributed by atoms with E-state index in [9.17, 15) is 9.59 Å². The summed E-state index contributed by atoms with van der Waals surface area (Å²) in [4.78, 5) is 23.4. The Labute approximate surface area is 108 Å². The zero-order valence-corrected chi connectivity index (χ0v) is 11.6. The average Bonchev–Trinajstić information content (AvgIpc) is 2.62. The summed E-state index contributed by atoms with van der Waals surface area (Å²) in [6.07, 6.45) is 2.01. The van der Waals surface area contributed by atoms with Gasteiger partial charge in [0.25, 0.3) is 0 Å². The second-order valence-electron chi connectivity index (χ2n) is 5.54. The molecule has 2 atom stereocenters. The van der Waals surface area contributed by atoms with Gasteiger partial charge in [-0.05, 0) is 40.5 Å². The van der Waals surface area contributed by atoms with Crippen molar-refractivity contribution < 1.29 is 19.1 Å². The first kappa shape index (κ1) is 14.8. The van der Waals surface area contributed by atoms with E-state index in [4.69, 9.17) is 9.47 Å². The summed E-state index contributed by atoms with van der Waals surface area (Å²) in [7, 11) is 0. The molecule has 0 saturated heterocycles. The molecule has 18 heavy (non-hydrogen) atoms. The molecule has 0 unspecified atom stereocenters. The van der Waals surface area contributed by atoms with Crippen LogP contribution in [0, 0.1) is 5.92 Å². The van der Waals surface area contributed by atoms with Crippen LogP contribution in [0.15, 0.2) is 0 Å². The molecule has 5 nitrogen and oxygen atoms in total. The molecule has 104 valence electrons. The number of rotatable bonds is 3. The van der Waals surface area contributed by atoms with E-state index in [0.29, 0.717) is 6.61 Å². The first-order chi connectivity index (χ1) is 8.33. The van der Waals surface area contributed by atoms with E-state index < -0.39 is 11.7 Å². The molecule has 1 N–H and O–H groups in total. The summed E-state index contributed by atoms with van der Waals surface area (Å²) in [6, 6.07) is -0.168. The maximum Gasteiger partial charge on any atom is 0.407 e. The topological polar surface area (TPSA) is 64.6 Å². The fourth-order valence-electron chi connectivity index (χ4n) is 2.12. The molecule has 1 fully saturated rings. The van der Waals surface area contributed by atoms with Crippen LogP contribution >= 0.6 is 0 Å². The lowest BCUT2D eigenvalue weighted by Crippen LogP contribution is -2.43. The number of nitrogens with one attached hydrogen (secondary N) is 1. The zero-order chi connectivity index (χ0) is 13.8. The van der Waals surface area contributed by atoms with Crippen LogP contribution in [0.2, 0.25) is 0 Å². The summed E-state index contributed by atoms with van der Waals surface area (Å²) in [5.74, 6) is -0.464. The Hall–Kier alpha value is -1.26. The van der Waals surface area contributed by atoms with Gasteiger partial charge in [0.15, 0.2) is 0 Å². The molecular weight excluding hydrogens is 234 g/mol. The van der Waals surface area contributed by atoms with Gasteiger partial charge in [0.05, 0.1) is 12.5 Å². The molecule has 1 amide bonds. The van der Waals surface area contributed by atoms with Gasteiger partial charge in [-0.15, -0.1) is 0 Å². The van der Waals surface area contributed by atoms with Gasteiger partial charge in [-0.3, -0.25) is 4.79 Å². The van der Waals surface area contributed by atoms with Gasteiger partial charge < -0.3 is 14.8 Å². The number of carbonyl (C=O) groups excluding carboxylic acids is 2. The molecule has 0 aromatic heterocycles. The summed E-state index contributed by atoms with van der Waals surface area (Å²) in [5, 5.41) is 2.76. The Kier molecular flexibility index (Phi) is 4.99. The largest absolute Gasteiger partial charge is 0.466 e. The van der Waals surface area contributed by atoms with Gasteiger partial charge in [-0.1, -0.05) is 6.42 Å². The number of hydrogen-bond donors (Lipinski definition) is 1. The molecule has 1 aliphatic rings. The molecule has 0 aliphatic heterocycles. The highest BCUT2D eigenvalue weighted by Gasteiger charge is 2.35. The third-order valence-corrected chi connectivity index (χ3v) is 2.81. The Morgan fingerprint density at radius 3 is 2.50 bits per heavy atom. The fourth-order valence-corrected chi connectivity index (χ4v) is 2.12. The Bertz CT molecular complexity index is 309. The highest BCUT2D eigenvalue weighted by atomic mass is 16.6. The molecule has 1 aliphatic carbocycles. The third kappa shape index (κ3) is 4.55. The lowest BCUT2D eigenvalue weighted by Gasteiger charge is -2.24. The van der Waals surface area contributed by atoms with E-state index in [1.807, 2.05) is 20.8 Å². The van der Waals surface area contributed by atoms with E-state index in [-0.39, 0.29) is 17.9 Å². The van der Waals surface area contributed by atoms with Crippen molar-refractivity contribution in [3.63, 3.8) is 0 Å². The van der Waals surface area contributed by atoms with Crippen LogP contribution < -0.4 is 5.32 Å². The zero-order valence-electron chi connectivity index (χ0n) is 11.6. The molecule has 0 aromatic rings.